The van der Waals surface area contributed by atoms with Gasteiger partial charge in [-0.25, -0.2) is 0 Å². The molecular formula is C22H22N6O2. The van der Waals surface area contributed by atoms with Crippen LogP contribution in [0.2, 0.25) is 0 Å². The third kappa shape index (κ3) is 3.30. The van der Waals surface area contributed by atoms with Crippen LogP contribution in [0.3, 0.4) is 0 Å². The summed E-state index contributed by atoms with van der Waals surface area (Å²) >= 11 is 0. The molecule has 1 N–H and O–H groups in total. The molecule has 0 bridgehead atoms. The average Bonchev–Trinajstić information content (AvgIpc) is 3.44. The molecule has 1 amide bonds. The predicted octanol–water partition coefficient (Wildman–Crippen LogP) is 3.51. The van der Waals surface area contributed by atoms with Crippen LogP contribution in [0.1, 0.15) is 30.1 Å². The number of para-hydroxylation sites is 3. The molecule has 0 saturated carbocycles. The molecule has 1 saturated heterocycles. The number of nitrogens with zero attached hydrogens (tertiary/aromatic N) is 5. The zero-order chi connectivity index (χ0) is 20.5. The molecule has 8 heteroatoms. The summed E-state index contributed by atoms with van der Waals surface area (Å²) in [5.41, 5.74) is 2.82. The average molecular weight is 402 g/mol. The highest BCUT2D eigenvalue weighted by atomic mass is 16.4. The van der Waals surface area contributed by atoms with E-state index in [1.54, 1.807) is 12.4 Å². The van der Waals surface area contributed by atoms with Crippen LogP contribution in [0.25, 0.3) is 16.8 Å². The Balaban J connectivity index is 1.38. The van der Waals surface area contributed by atoms with Crippen LogP contribution in [0, 0.1) is 0 Å². The predicted molar refractivity (Wildman–Crippen MR) is 113 cm³/mol. The first kappa shape index (κ1) is 18.4. The molecule has 3 heterocycles. The first-order chi connectivity index (χ1) is 14.7. The minimum absolute atomic E-state index is 0.0279. The number of amides is 1. The van der Waals surface area contributed by atoms with E-state index < -0.39 is 0 Å². The summed E-state index contributed by atoms with van der Waals surface area (Å²) in [6, 6.07) is 15.6. The van der Waals surface area contributed by atoms with E-state index >= 15 is 0 Å². The van der Waals surface area contributed by atoms with Gasteiger partial charge in [-0.3, -0.25) is 4.79 Å². The van der Waals surface area contributed by atoms with E-state index in [-0.39, 0.29) is 18.0 Å². The summed E-state index contributed by atoms with van der Waals surface area (Å²) in [6.45, 7) is 2.76. The Morgan fingerprint density at radius 2 is 1.87 bits per heavy atom. The molecule has 8 nitrogen and oxygen atoms in total. The van der Waals surface area contributed by atoms with Crippen LogP contribution in [-0.4, -0.2) is 49.4 Å². The first-order valence-electron chi connectivity index (χ1n) is 10.1. The minimum atomic E-state index is -0.0283. The number of piperidine rings is 1. The number of fused-ring (bicyclic) bond motifs is 1. The lowest BCUT2D eigenvalue weighted by atomic mass is 9.96. The van der Waals surface area contributed by atoms with Crippen molar-refractivity contribution in [3.8, 4) is 5.69 Å². The van der Waals surface area contributed by atoms with Crippen LogP contribution in [0.5, 0.6) is 0 Å². The smallest absolute Gasteiger partial charge is 0.295 e. The lowest BCUT2D eigenvalue weighted by molar-refractivity contribution is 0.0615. The lowest BCUT2D eigenvalue weighted by Gasteiger charge is -2.39. The third-order valence-corrected chi connectivity index (χ3v) is 5.62. The maximum absolute atomic E-state index is 13.5. The maximum Gasteiger partial charge on any atom is 0.295 e. The molecule has 1 fully saturated rings. The quantitative estimate of drug-likeness (QED) is 0.562. The molecule has 1 aliphatic heterocycles. The Morgan fingerprint density at radius 1 is 1.10 bits per heavy atom. The van der Waals surface area contributed by atoms with Gasteiger partial charge in [0.05, 0.1) is 29.7 Å². The Hall–Kier alpha value is -3.68. The fourth-order valence-corrected chi connectivity index (χ4v) is 4.04. The second-order valence-electron chi connectivity index (χ2n) is 7.45. The van der Waals surface area contributed by atoms with Crippen LogP contribution in [0.4, 0.5) is 6.01 Å². The van der Waals surface area contributed by atoms with Gasteiger partial charge in [0.15, 0.2) is 5.58 Å². The number of rotatable bonds is 4. The summed E-state index contributed by atoms with van der Waals surface area (Å²) in [6.07, 6.45) is 5.04. The molecule has 2 atom stereocenters. The highest BCUT2D eigenvalue weighted by Gasteiger charge is 2.33. The van der Waals surface area contributed by atoms with Crippen molar-refractivity contribution in [3.63, 3.8) is 0 Å². The fraction of sp³-hybridized carbons (Fsp3) is 0.273. The van der Waals surface area contributed by atoms with E-state index in [0.29, 0.717) is 23.8 Å². The normalized spacial score (nSPS) is 19.2. The topological polar surface area (TPSA) is 89.1 Å². The summed E-state index contributed by atoms with van der Waals surface area (Å²) in [5.74, 6) is -0.0283. The van der Waals surface area contributed by atoms with Gasteiger partial charge in [-0.15, -0.1) is 0 Å². The van der Waals surface area contributed by atoms with Gasteiger partial charge in [-0.2, -0.15) is 20.0 Å². The van der Waals surface area contributed by atoms with Gasteiger partial charge in [-0.1, -0.05) is 24.3 Å². The van der Waals surface area contributed by atoms with Gasteiger partial charge < -0.3 is 14.6 Å². The zero-order valence-electron chi connectivity index (χ0n) is 16.6. The number of likely N-dealkylation sites (tertiary alicyclic amines) is 1. The van der Waals surface area contributed by atoms with Gasteiger partial charge in [0.25, 0.3) is 11.9 Å². The van der Waals surface area contributed by atoms with Gasteiger partial charge >= 0.3 is 0 Å². The monoisotopic (exact) mass is 402 g/mol. The Bertz CT molecular complexity index is 1140. The number of carbonyl (C=O) groups is 1. The van der Waals surface area contributed by atoms with Crippen molar-refractivity contribution in [2.24, 2.45) is 0 Å². The number of aromatic nitrogens is 4. The van der Waals surface area contributed by atoms with Crippen LogP contribution >= 0.6 is 0 Å². The van der Waals surface area contributed by atoms with Crippen molar-refractivity contribution in [1.82, 2.24) is 24.9 Å². The molecule has 2 aromatic heterocycles. The Morgan fingerprint density at radius 3 is 2.70 bits per heavy atom. The lowest BCUT2D eigenvalue weighted by Crippen LogP contribution is -2.52. The standard InChI is InChI=1S/C22H22N6O2/c1-15-17(25-22-26-18-8-3-5-11-20(18)30-22)9-6-14-27(15)21(29)16-7-2-4-10-19(16)28-23-12-13-24-28/h2-5,7-8,10-13,15,17H,6,9,14H2,1H3,(H,25,26)/t15-,17?/m0/s1. The fourth-order valence-electron chi connectivity index (χ4n) is 4.04. The molecule has 0 aliphatic carbocycles. The van der Waals surface area contributed by atoms with Gasteiger partial charge in [-0.05, 0) is 44.0 Å². The van der Waals surface area contributed by atoms with Gasteiger partial charge in [0, 0.05) is 12.6 Å². The molecule has 0 radical (unpaired) electrons. The number of carbonyl (C=O) groups excluding carboxylic acids is 1. The summed E-state index contributed by atoms with van der Waals surface area (Å²) < 4.78 is 5.82. The number of hydrogen-bond donors (Lipinski definition) is 1. The Labute approximate surface area is 173 Å². The van der Waals surface area contributed by atoms with Crippen LogP contribution in [-0.2, 0) is 0 Å². The first-order valence-corrected chi connectivity index (χ1v) is 10.1. The van der Waals surface area contributed by atoms with Crippen molar-refractivity contribution >= 4 is 23.0 Å². The van der Waals surface area contributed by atoms with Crippen LogP contribution in [0.15, 0.2) is 65.3 Å². The van der Waals surface area contributed by atoms with Gasteiger partial charge in [0.2, 0.25) is 0 Å². The summed E-state index contributed by atoms with van der Waals surface area (Å²) in [5, 5.41) is 11.8. The largest absolute Gasteiger partial charge is 0.424 e. The third-order valence-electron chi connectivity index (χ3n) is 5.62. The molecule has 30 heavy (non-hydrogen) atoms. The van der Waals surface area contributed by atoms with Crippen molar-refractivity contribution in [2.75, 3.05) is 11.9 Å². The van der Waals surface area contributed by atoms with Crippen molar-refractivity contribution in [1.29, 1.82) is 0 Å². The molecule has 1 unspecified atom stereocenters. The van der Waals surface area contributed by atoms with E-state index in [0.717, 1.165) is 23.9 Å². The SMILES string of the molecule is C[C@H]1C(Nc2nc3ccccc3o2)CCCN1C(=O)c1ccccc1-n1nccn1. The Kier molecular flexibility index (Phi) is 4.66. The molecule has 4 aromatic rings. The highest BCUT2D eigenvalue weighted by Crippen LogP contribution is 2.26. The van der Waals surface area contributed by atoms with E-state index in [4.69, 9.17) is 4.42 Å². The maximum atomic E-state index is 13.5. The number of hydrogen-bond acceptors (Lipinski definition) is 6. The van der Waals surface area contributed by atoms with Crippen LogP contribution < -0.4 is 5.32 Å². The second kappa shape index (κ2) is 7.62. The molecule has 2 aromatic carbocycles. The highest BCUT2D eigenvalue weighted by molar-refractivity contribution is 5.98. The number of oxazole rings is 1. The van der Waals surface area contributed by atoms with Crippen molar-refractivity contribution < 1.29 is 9.21 Å². The summed E-state index contributed by atoms with van der Waals surface area (Å²) in [7, 11) is 0. The number of benzene rings is 2. The minimum Gasteiger partial charge on any atom is -0.424 e. The molecular weight excluding hydrogens is 380 g/mol. The van der Waals surface area contributed by atoms with E-state index in [2.05, 4.69) is 27.4 Å². The molecule has 0 spiro atoms. The molecule has 152 valence electrons. The number of anilines is 1. The van der Waals surface area contributed by atoms with Crippen molar-refractivity contribution in [3.05, 3.63) is 66.5 Å². The second-order valence-corrected chi connectivity index (χ2v) is 7.45. The van der Waals surface area contributed by atoms with E-state index in [1.165, 1.54) is 4.80 Å². The van der Waals surface area contributed by atoms with Crippen molar-refractivity contribution in [2.45, 2.75) is 31.8 Å². The molecule has 5 rings (SSSR count). The van der Waals surface area contributed by atoms with E-state index in [9.17, 15) is 4.79 Å². The van der Waals surface area contributed by atoms with E-state index in [1.807, 2.05) is 53.4 Å². The molecule has 1 aliphatic rings. The summed E-state index contributed by atoms with van der Waals surface area (Å²) in [4.78, 5) is 21.4. The number of nitrogens with one attached hydrogen (secondary N) is 1. The van der Waals surface area contributed by atoms with Gasteiger partial charge in [0.1, 0.15) is 5.52 Å². The zero-order valence-corrected chi connectivity index (χ0v) is 16.6.